The molecule has 0 aliphatic rings. The first-order chi connectivity index (χ1) is 10.1. The number of nitrogens with two attached hydrogens (primary N) is 1. The molecule has 0 aliphatic heterocycles. The van der Waals surface area contributed by atoms with Gasteiger partial charge in [-0.1, -0.05) is 30.3 Å². The predicted octanol–water partition coefficient (Wildman–Crippen LogP) is 3.56. The number of nitrogen functional groups attached to an aromatic ring is 1. The molecule has 1 amide bonds. The molecule has 2 rings (SSSR count). The molecule has 2 aromatic rings. The van der Waals surface area contributed by atoms with Gasteiger partial charge in [0.1, 0.15) is 0 Å². The van der Waals surface area contributed by atoms with E-state index < -0.39 is 0 Å². The molecule has 0 aromatic heterocycles. The lowest BCUT2D eigenvalue weighted by atomic mass is 10.1. The van der Waals surface area contributed by atoms with Crippen molar-refractivity contribution in [1.29, 1.82) is 0 Å². The van der Waals surface area contributed by atoms with Crippen LogP contribution in [0.4, 0.5) is 11.4 Å². The van der Waals surface area contributed by atoms with E-state index in [1.165, 1.54) is 0 Å². The van der Waals surface area contributed by atoms with Crippen LogP contribution in [-0.2, 0) is 11.2 Å². The third-order valence-electron chi connectivity index (χ3n) is 3.59. The Morgan fingerprint density at radius 1 is 1.14 bits per heavy atom. The van der Waals surface area contributed by atoms with Crippen molar-refractivity contribution in [3.05, 3.63) is 59.7 Å². The van der Waals surface area contributed by atoms with Gasteiger partial charge in [-0.3, -0.25) is 4.79 Å². The molecular weight excluding hydrogens is 260 g/mol. The van der Waals surface area contributed by atoms with E-state index in [1.807, 2.05) is 67.3 Å². The molecule has 0 saturated carbocycles. The van der Waals surface area contributed by atoms with Crippen LogP contribution in [0.5, 0.6) is 0 Å². The summed E-state index contributed by atoms with van der Waals surface area (Å²) in [6, 6.07) is 15.7. The molecule has 0 radical (unpaired) electrons. The summed E-state index contributed by atoms with van der Waals surface area (Å²) in [4.78, 5) is 14.3. The second-order valence-corrected chi connectivity index (χ2v) is 5.18. The monoisotopic (exact) mass is 282 g/mol. The minimum absolute atomic E-state index is 0.131. The number of benzene rings is 2. The fourth-order valence-corrected chi connectivity index (χ4v) is 2.44. The van der Waals surface area contributed by atoms with Crippen LogP contribution in [0, 0.1) is 6.92 Å². The quantitative estimate of drug-likeness (QED) is 0.852. The molecule has 0 spiro atoms. The van der Waals surface area contributed by atoms with Crippen molar-refractivity contribution in [3.63, 3.8) is 0 Å². The number of aryl methyl sites for hydroxylation is 2. The maximum absolute atomic E-state index is 12.5. The summed E-state index contributed by atoms with van der Waals surface area (Å²) in [5, 5.41) is 0. The van der Waals surface area contributed by atoms with Crippen LogP contribution in [0.1, 0.15) is 24.5 Å². The van der Waals surface area contributed by atoms with E-state index >= 15 is 0 Å². The van der Waals surface area contributed by atoms with Gasteiger partial charge >= 0.3 is 0 Å². The van der Waals surface area contributed by atoms with Gasteiger partial charge in [0.25, 0.3) is 0 Å². The van der Waals surface area contributed by atoms with E-state index in [0.717, 1.165) is 22.5 Å². The standard InChI is InChI=1S/C18H22N2O/c1-3-20(16-9-6-7-14(2)13-16)18(21)12-11-15-8-4-5-10-17(15)19/h4-10,13H,3,11-12,19H2,1-2H3. The Morgan fingerprint density at radius 2 is 1.90 bits per heavy atom. The second-order valence-electron chi connectivity index (χ2n) is 5.18. The van der Waals surface area contributed by atoms with E-state index in [2.05, 4.69) is 0 Å². The number of amides is 1. The summed E-state index contributed by atoms with van der Waals surface area (Å²) >= 11 is 0. The zero-order valence-electron chi connectivity index (χ0n) is 12.7. The number of para-hydroxylation sites is 1. The fraction of sp³-hybridized carbons (Fsp3) is 0.278. The lowest BCUT2D eigenvalue weighted by Crippen LogP contribution is -2.30. The first kappa shape index (κ1) is 15.1. The number of rotatable bonds is 5. The maximum Gasteiger partial charge on any atom is 0.227 e. The van der Waals surface area contributed by atoms with Crippen LogP contribution < -0.4 is 10.6 Å². The summed E-state index contributed by atoms with van der Waals surface area (Å²) in [7, 11) is 0. The third kappa shape index (κ3) is 3.85. The molecule has 3 heteroatoms. The fourth-order valence-electron chi connectivity index (χ4n) is 2.44. The predicted molar refractivity (Wildman–Crippen MR) is 88.4 cm³/mol. The van der Waals surface area contributed by atoms with E-state index in [0.29, 0.717) is 19.4 Å². The van der Waals surface area contributed by atoms with Crippen LogP contribution >= 0.6 is 0 Å². The number of carbonyl (C=O) groups is 1. The van der Waals surface area contributed by atoms with Gasteiger partial charge in [0.2, 0.25) is 5.91 Å². The van der Waals surface area contributed by atoms with E-state index in [9.17, 15) is 4.79 Å². The van der Waals surface area contributed by atoms with Crippen molar-refractivity contribution in [3.8, 4) is 0 Å². The van der Waals surface area contributed by atoms with E-state index in [-0.39, 0.29) is 5.91 Å². The van der Waals surface area contributed by atoms with Crippen LogP contribution in [0.25, 0.3) is 0 Å². The molecule has 0 atom stereocenters. The summed E-state index contributed by atoms with van der Waals surface area (Å²) in [5.41, 5.74) is 9.83. The molecule has 0 bridgehead atoms. The topological polar surface area (TPSA) is 46.3 Å². The molecule has 2 aromatic carbocycles. The molecule has 0 fully saturated rings. The highest BCUT2D eigenvalue weighted by Crippen LogP contribution is 2.18. The van der Waals surface area contributed by atoms with Crippen molar-refractivity contribution >= 4 is 17.3 Å². The number of anilines is 2. The summed E-state index contributed by atoms with van der Waals surface area (Å²) in [6.45, 7) is 4.70. The average Bonchev–Trinajstić information content (AvgIpc) is 2.47. The van der Waals surface area contributed by atoms with Gasteiger partial charge in [0.05, 0.1) is 0 Å². The van der Waals surface area contributed by atoms with Crippen LogP contribution in [0.15, 0.2) is 48.5 Å². The van der Waals surface area contributed by atoms with Crippen molar-refractivity contribution < 1.29 is 4.79 Å². The molecule has 0 unspecified atom stereocenters. The molecule has 0 aliphatic carbocycles. The van der Waals surface area contributed by atoms with Gasteiger partial charge in [-0.2, -0.15) is 0 Å². The Kier molecular flexibility index (Phi) is 4.99. The van der Waals surface area contributed by atoms with Gasteiger partial charge in [-0.05, 0) is 49.6 Å². The van der Waals surface area contributed by atoms with E-state index in [1.54, 1.807) is 0 Å². The summed E-state index contributed by atoms with van der Waals surface area (Å²) in [6.07, 6.45) is 1.14. The minimum atomic E-state index is 0.131. The van der Waals surface area contributed by atoms with Crippen molar-refractivity contribution in [1.82, 2.24) is 0 Å². The highest BCUT2D eigenvalue weighted by molar-refractivity contribution is 5.93. The number of hydrogen-bond donors (Lipinski definition) is 1. The third-order valence-corrected chi connectivity index (χ3v) is 3.59. The first-order valence-corrected chi connectivity index (χ1v) is 7.32. The van der Waals surface area contributed by atoms with Crippen LogP contribution in [0.3, 0.4) is 0 Å². The largest absolute Gasteiger partial charge is 0.399 e. The molecule has 110 valence electrons. The number of nitrogens with zero attached hydrogens (tertiary/aromatic N) is 1. The molecule has 2 N–H and O–H groups in total. The van der Waals surface area contributed by atoms with Crippen molar-refractivity contribution in [2.24, 2.45) is 0 Å². The summed E-state index contributed by atoms with van der Waals surface area (Å²) < 4.78 is 0. The second kappa shape index (κ2) is 6.93. The molecular formula is C18H22N2O. The Balaban J connectivity index is 2.06. The minimum Gasteiger partial charge on any atom is -0.399 e. The molecule has 0 saturated heterocycles. The SMILES string of the molecule is CCN(C(=O)CCc1ccccc1N)c1cccc(C)c1. The molecule has 3 nitrogen and oxygen atoms in total. The lowest BCUT2D eigenvalue weighted by molar-refractivity contribution is -0.118. The molecule has 0 heterocycles. The highest BCUT2D eigenvalue weighted by atomic mass is 16.2. The number of carbonyl (C=O) groups excluding carboxylic acids is 1. The van der Waals surface area contributed by atoms with Gasteiger partial charge in [0, 0.05) is 24.3 Å². The van der Waals surface area contributed by atoms with E-state index in [4.69, 9.17) is 5.73 Å². The Labute approximate surface area is 126 Å². The smallest absolute Gasteiger partial charge is 0.227 e. The lowest BCUT2D eigenvalue weighted by Gasteiger charge is -2.21. The van der Waals surface area contributed by atoms with Crippen LogP contribution in [0.2, 0.25) is 0 Å². The zero-order valence-corrected chi connectivity index (χ0v) is 12.7. The normalized spacial score (nSPS) is 10.4. The maximum atomic E-state index is 12.5. The highest BCUT2D eigenvalue weighted by Gasteiger charge is 2.14. The Bertz CT molecular complexity index is 622. The zero-order chi connectivity index (χ0) is 15.2. The molecule has 21 heavy (non-hydrogen) atoms. The first-order valence-electron chi connectivity index (χ1n) is 7.32. The van der Waals surface area contributed by atoms with Gasteiger partial charge < -0.3 is 10.6 Å². The number of hydrogen-bond acceptors (Lipinski definition) is 2. The van der Waals surface area contributed by atoms with Crippen molar-refractivity contribution in [2.45, 2.75) is 26.7 Å². The van der Waals surface area contributed by atoms with Gasteiger partial charge in [0.15, 0.2) is 0 Å². The van der Waals surface area contributed by atoms with Gasteiger partial charge in [-0.25, -0.2) is 0 Å². The average molecular weight is 282 g/mol. The van der Waals surface area contributed by atoms with Crippen LogP contribution in [-0.4, -0.2) is 12.5 Å². The Hall–Kier alpha value is -2.29. The van der Waals surface area contributed by atoms with Gasteiger partial charge in [-0.15, -0.1) is 0 Å². The Morgan fingerprint density at radius 3 is 2.57 bits per heavy atom. The van der Waals surface area contributed by atoms with Crippen molar-refractivity contribution in [2.75, 3.05) is 17.2 Å². The summed E-state index contributed by atoms with van der Waals surface area (Å²) in [5.74, 6) is 0.131.